The zero-order valence-electron chi connectivity index (χ0n) is 16.4. The molecule has 1 amide bonds. The van der Waals surface area contributed by atoms with Gasteiger partial charge in [-0.05, 0) is 56.5 Å². The Kier molecular flexibility index (Phi) is 6.20. The Bertz CT molecular complexity index is 846. The Morgan fingerprint density at radius 2 is 2.07 bits per heavy atom. The molecule has 6 nitrogen and oxygen atoms in total. The molecule has 8 heteroatoms. The van der Waals surface area contributed by atoms with Gasteiger partial charge in [0.2, 0.25) is 0 Å². The van der Waals surface area contributed by atoms with Gasteiger partial charge in [-0.15, -0.1) is 23.7 Å². The lowest BCUT2D eigenvalue weighted by Crippen LogP contribution is -2.44. The predicted octanol–water partition coefficient (Wildman–Crippen LogP) is 3.13. The van der Waals surface area contributed by atoms with Crippen LogP contribution in [0.3, 0.4) is 0 Å². The van der Waals surface area contributed by atoms with Crippen LogP contribution in [-0.2, 0) is 16.8 Å². The highest BCUT2D eigenvalue weighted by Gasteiger charge is 2.41. The Morgan fingerprint density at radius 3 is 2.79 bits per heavy atom. The Labute approximate surface area is 181 Å². The van der Waals surface area contributed by atoms with Crippen LogP contribution in [-0.4, -0.2) is 53.6 Å². The molecular formula is C21H27ClN4O2S. The molecule has 0 atom stereocenters. The van der Waals surface area contributed by atoms with Crippen molar-refractivity contribution in [3.63, 3.8) is 0 Å². The van der Waals surface area contributed by atoms with Crippen LogP contribution in [0.1, 0.15) is 57.4 Å². The number of piperidine rings is 2. The van der Waals surface area contributed by atoms with Crippen molar-refractivity contribution >= 4 is 29.7 Å². The maximum atomic E-state index is 13.2. The largest absolute Gasteiger partial charge is 0.370 e. The van der Waals surface area contributed by atoms with E-state index in [1.165, 1.54) is 10.4 Å². The topological polar surface area (TPSA) is 67.3 Å². The van der Waals surface area contributed by atoms with E-state index in [0.29, 0.717) is 5.92 Å². The summed E-state index contributed by atoms with van der Waals surface area (Å²) in [5, 5.41) is 3.43. The fraction of sp³-hybridized carbons (Fsp3) is 0.571. The standard InChI is InChI=1S/C21H26N4O2S.ClH/c26-20(25-10-2-15(3-11-25)17-1-7-23-14-24-17)19-13-16-18(28-19)4-12-27-21(16)5-8-22-9-6-21;/h1,7,13-15,22H,2-6,8-12H2;1H. The summed E-state index contributed by atoms with van der Waals surface area (Å²) in [7, 11) is 0. The summed E-state index contributed by atoms with van der Waals surface area (Å²) in [5.74, 6) is 0.611. The second-order valence-electron chi connectivity index (χ2n) is 7.99. The number of likely N-dealkylation sites (tertiary alicyclic amines) is 1. The van der Waals surface area contributed by atoms with Gasteiger partial charge in [-0.2, -0.15) is 0 Å². The second-order valence-corrected chi connectivity index (χ2v) is 9.13. The number of rotatable bonds is 2. The van der Waals surface area contributed by atoms with Gasteiger partial charge in [0.1, 0.15) is 6.33 Å². The molecule has 0 aromatic carbocycles. The number of fused-ring (bicyclic) bond motifs is 2. The molecular weight excluding hydrogens is 408 g/mol. The van der Waals surface area contributed by atoms with E-state index in [1.807, 2.05) is 11.0 Å². The Hall–Kier alpha value is -1.54. The van der Waals surface area contributed by atoms with Gasteiger partial charge in [-0.3, -0.25) is 4.79 Å². The Morgan fingerprint density at radius 1 is 1.28 bits per heavy atom. The summed E-state index contributed by atoms with van der Waals surface area (Å²) in [6.45, 7) is 4.32. The smallest absolute Gasteiger partial charge is 0.263 e. The number of aromatic nitrogens is 2. The van der Waals surface area contributed by atoms with Crippen molar-refractivity contribution in [1.29, 1.82) is 0 Å². The molecule has 2 fully saturated rings. The normalized spacial score (nSPS) is 21.4. The van der Waals surface area contributed by atoms with Crippen LogP contribution in [0.15, 0.2) is 24.7 Å². The fourth-order valence-electron chi connectivity index (χ4n) is 4.84. The molecule has 3 aliphatic rings. The first-order chi connectivity index (χ1) is 13.8. The van der Waals surface area contributed by atoms with Crippen molar-refractivity contribution in [2.45, 2.75) is 43.6 Å². The van der Waals surface area contributed by atoms with E-state index in [9.17, 15) is 4.79 Å². The van der Waals surface area contributed by atoms with Crippen LogP contribution in [0.2, 0.25) is 0 Å². The third kappa shape index (κ3) is 3.93. The number of hydrogen-bond acceptors (Lipinski definition) is 6. The molecule has 29 heavy (non-hydrogen) atoms. The summed E-state index contributed by atoms with van der Waals surface area (Å²) < 4.78 is 6.26. The summed E-state index contributed by atoms with van der Waals surface area (Å²) in [5.41, 5.74) is 2.21. The molecule has 0 saturated carbocycles. The van der Waals surface area contributed by atoms with Crippen LogP contribution in [0, 0.1) is 0 Å². The van der Waals surface area contributed by atoms with Gasteiger partial charge < -0.3 is 15.0 Å². The third-order valence-electron chi connectivity index (χ3n) is 6.43. The molecule has 2 saturated heterocycles. The highest BCUT2D eigenvalue weighted by Crippen LogP contribution is 2.43. The van der Waals surface area contributed by atoms with E-state index >= 15 is 0 Å². The zero-order valence-corrected chi connectivity index (χ0v) is 18.1. The van der Waals surface area contributed by atoms with Gasteiger partial charge in [0.25, 0.3) is 5.91 Å². The molecule has 1 N–H and O–H groups in total. The van der Waals surface area contributed by atoms with E-state index in [2.05, 4.69) is 21.4 Å². The van der Waals surface area contributed by atoms with E-state index in [-0.39, 0.29) is 23.9 Å². The van der Waals surface area contributed by atoms with Crippen LogP contribution < -0.4 is 5.32 Å². The van der Waals surface area contributed by atoms with Gasteiger partial charge in [0, 0.05) is 42.2 Å². The molecule has 5 heterocycles. The number of nitrogens with zero attached hydrogens (tertiary/aromatic N) is 3. The lowest BCUT2D eigenvalue weighted by atomic mass is 9.83. The van der Waals surface area contributed by atoms with Crippen molar-refractivity contribution in [2.75, 3.05) is 32.8 Å². The lowest BCUT2D eigenvalue weighted by molar-refractivity contribution is -0.0792. The summed E-state index contributed by atoms with van der Waals surface area (Å²) >= 11 is 1.69. The quantitative estimate of drug-likeness (QED) is 0.786. The van der Waals surface area contributed by atoms with Gasteiger partial charge >= 0.3 is 0 Å². The van der Waals surface area contributed by atoms with Crippen LogP contribution in [0.4, 0.5) is 0 Å². The molecule has 0 aliphatic carbocycles. The van der Waals surface area contributed by atoms with Crippen molar-refractivity contribution < 1.29 is 9.53 Å². The summed E-state index contributed by atoms with van der Waals surface area (Å²) in [6.07, 6.45) is 8.26. The number of carbonyl (C=O) groups excluding carboxylic acids is 1. The van der Waals surface area contributed by atoms with Crippen molar-refractivity contribution in [3.8, 4) is 0 Å². The summed E-state index contributed by atoms with van der Waals surface area (Å²) in [6, 6.07) is 4.14. The lowest BCUT2D eigenvalue weighted by Gasteiger charge is -2.40. The maximum absolute atomic E-state index is 13.2. The average Bonchev–Trinajstić information content (AvgIpc) is 3.21. The molecule has 2 aromatic rings. The van der Waals surface area contributed by atoms with Crippen molar-refractivity contribution in [2.24, 2.45) is 0 Å². The van der Waals surface area contributed by atoms with Gasteiger partial charge in [-0.1, -0.05) is 0 Å². The molecule has 0 bridgehead atoms. The van der Waals surface area contributed by atoms with Crippen molar-refractivity contribution in [1.82, 2.24) is 20.2 Å². The van der Waals surface area contributed by atoms with E-state index in [0.717, 1.165) is 75.5 Å². The van der Waals surface area contributed by atoms with Gasteiger partial charge in [0.05, 0.1) is 17.1 Å². The minimum absolute atomic E-state index is 0. The monoisotopic (exact) mass is 434 g/mol. The average molecular weight is 435 g/mol. The number of thiophene rings is 1. The second kappa shape index (κ2) is 8.68. The molecule has 0 radical (unpaired) electrons. The highest BCUT2D eigenvalue weighted by molar-refractivity contribution is 7.14. The van der Waals surface area contributed by atoms with Gasteiger partial charge in [-0.25, -0.2) is 9.97 Å². The number of ether oxygens (including phenoxy) is 1. The predicted molar refractivity (Wildman–Crippen MR) is 115 cm³/mol. The van der Waals surface area contributed by atoms with Gasteiger partial charge in [0.15, 0.2) is 0 Å². The minimum Gasteiger partial charge on any atom is -0.370 e. The number of nitrogens with one attached hydrogen (secondary N) is 1. The number of hydrogen-bond donors (Lipinski definition) is 1. The van der Waals surface area contributed by atoms with E-state index in [4.69, 9.17) is 4.74 Å². The Balaban J connectivity index is 0.00000205. The first-order valence-corrected chi connectivity index (χ1v) is 11.1. The third-order valence-corrected chi connectivity index (χ3v) is 7.62. The van der Waals surface area contributed by atoms with E-state index < -0.39 is 0 Å². The maximum Gasteiger partial charge on any atom is 0.263 e. The van der Waals surface area contributed by atoms with Crippen LogP contribution >= 0.6 is 23.7 Å². The summed E-state index contributed by atoms with van der Waals surface area (Å²) in [4.78, 5) is 25.8. The van der Waals surface area contributed by atoms with Crippen LogP contribution in [0.25, 0.3) is 0 Å². The SMILES string of the molecule is Cl.O=C(c1cc2c(s1)CCOC21CCNCC1)N1CCC(c2ccncn2)CC1. The first kappa shape index (κ1) is 20.7. The molecule has 3 aliphatic heterocycles. The van der Waals surface area contributed by atoms with E-state index in [1.54, 1.807) is 23.9 Å². The molecule has 1 spiro atoms. The van der Waals surface area contributed by atoms with Crippen molar-refractivity contribution in [3.05, 3.63) is 45.7 Å². The van der Waals surface area contributed by atoms with Crippen LogP contribution in [0.5, 0.6) is 0 Å². The minimum atomic E-state index is -0.173. The number of amides is 1. The molecule has 0 unspecified atom stereocenters. The first-order valence-electron chi connectivity index (χ1n) is 10.3. The zero-order chi connectivity index (χ0) is 19.0. The number of halogens is 1. The molecule has 5 rings (SSSR count). The molecule has 2 aromatic heterocycles. The molecule has 156 valence electrons. The highest BCUT2D eigenvalue weighted by atomic mass is 35.5. The fourth-order valence-corrected chi connectivity index (χ4v) is 6.04. The number of carbonyl (C=O) groups is 1.